The second-order valence-electron chi connectivity index (χ2n) is 7.73. The van der Waals surface area contributed by atoms with Gasteiger partial charge in [-0.3, -0.25) is 14.4 Å². The van der Waals surface area contributed by atoms with Crippen molar-refractivity contribution < 1.29 is 19.1 Å². The fourth-order valence-electron chi connectivity index (χ4n) is 3.17. The fraction of sp³-hybridized carbons (Fsp3) is 0.185. The molecule has 2 N–H and O–H groups in total. The van der Waals surface area contributed by atoms with Gasteiger partial charge in [-0.25, -0.2) is 0 Å². The van der Waals surface area contributed by atoms with Crippen LogP contribution in [0.5, 0.6) is 0 Å². The van der Waals surface area contributed by atoms with Crippen molar-refractivity contribution in [3.8, 4) is 6.07 Å². The molecule has 3 aromatic rings. The van der Waals surface area contributed by atoms with Crippen molar-refractivity contribution in [2.45, 2.75) is 26.3 Å². The van der Waals surface area contributed by atoms with Crippen LogP contribution in [0, 0.1) is 18.3 Å². The molecular formula is C27H25N3O4. The number of hydrogen-bond acceptors (Lipinski definition) is 5. The molecule has 0 aliphatic carbocycles. The summed E-state index contributed by atoms with van der Waals surface area (Å²) in [5, 5.41) is 14.3. The SMILES string of the molecule is Cc1ccc(CNC(=O)c2ccccc2NC(=O)COC(=O)CCc2ccc(C#N)cc2)cc1. The maximum absolute atomic E-state index is 12.6. The Morgan fingerprint density at radius 3 is 2.29 bits per heavy atom. The number of carbonyl (C=O) groups excluding carboxylic acids is 3. The van der Waals surface area contributed by atoms with Gasteiger partial charge in [0, 0.05) is 13.0 Å². The molecule has 0 heterocycles. The van der Waals surface area contributed by atoms with Gasteiger partial charge in [0.05, 0.1) is 22.9 Å². The van der Waals surface area contributed by atoms with E-state index in [1.807, 2.05) is 37.3 Å². The van der Waals surface area contributed by atoms with Gasteiger partial charge >= 0.3 is 5.97 Å². The number of ether oxygens (including phenoxy) is 1. The summed E-state index contributed by atoms with van der Waals surface area (Å²) in [7, 11) is 0. The second-order valence-corrected chi connectivity index (χ2v) is 7.73. The number of nitriles is 1. The first-order valence-corrected chi connectivity index (χ1v) is 10.8. The van der Waals surface area contributed by atoms with E-state index in [2.05, 4.69) is 10.6 Å². The molecule has 0 saturated carbocycles. The molecule has 3 aromatic carbocycles. The maximum Gasteiger partial charge on any atom is 0.306 e. The number of para-hydroxylation sites is 1. The fourth-order valence-corrected chi connectivity index (χ4v) is 3.17. The van der Waals surface area contributed by atoms with Crippen LogP contribution >= 0.6 is 0 Å². The standard InChI is InChI=1S/C27H25N3O4/c1-19-6-8-22(9-7-19)17-29-27(33)23-4-2-3-5-24(23)30-25(31)18-34-26(32)15-14-20-10-12-21(16-28)13-11-20/h2-13H,14-15,17-18H2,1H3,(H,29,33)(H,30,31). The average molecular weight is 456 g/mol. The van der Waals surface area contributed by atoms with Gasteiger partial charge in [-0.2, -0.15) is 5.26 Å². The third-order valence-electron chi connectivity index (χ3n) is 5.08. The number of anilines is 1. The maximum atomic E-state index is 12.6. The number of amides is 2. The number of rotatable bonds is 9. The van der Waals surface area contributed by atoms with Gasteiger partial charge in [0.1, 0.15) is 0 Å². The van der Waals surface area contributed by atoms with E-state index in [-0.39, 0.29) is 12.3 Å². The molecule has 0 bridgehead atoms. The lowest BCUT2D eigenvalue weighted by molar-refractivity contribution is -0.147. The van der Waals surface area contributed by atoms with E-state index in [0.717, 1.165) is 16.7 Å². The Kier molecular flexibility index (Phi) is 8.53. The summed E-state index contributed by atoms with van der Waals surface area (Å²) in [5.41, 5.74) is 4.20. The Morgan fingerprint density at radius 2 is 1.59 bits per heavy atom. The van der Waals surface area contributed by atoms with Crippen molar-refractivity contribution in [3.63, 3.8) is 0 Å². The monoisotopic (exact) mass is 455 g/mol. The quantitative estimate of drug-likeness (QED) is 0.476. The zero-order chi connectivity index (χ0) is 24.3. The first-order valence-electron chi connectivity index (χ1n) is 10.8. The molecular weight excluding hydrogens is 430 g/mol. The minimum atomic E-state index is -0.537. The normalized spacial score (nSPS) is 10.1. The smallest absolute Gasteiger partial charge is 0.306 e. The lowest BCUT2D eigenvalue weighted by Crippen LogP contribution is -2.26. The van der Waals surface area contributed by atoms with Crippen molar-refractivity contribution >= 4 is 23.5 Å². The van der Waals surface area contributed by atoms with Crippen LogP contribution < -0.4 is 10.6 Å². The molecule has 2 amide bonds. The topological polar surface area (TPSA) is 108 Å². The van der Waals surface area contributed by atoms with E-state index in [9.17, 15) is 14.4 Å². The molecule has 0 aromatic heterocycles. The van der Waals surface area contributed by atoms with Crippen molar-refractivity contribution in [1.29, 1.82) is 5.26 Å². The Balaban J connectivity index is 1.47. The highest BCUT2D eigenvalue weighted by molar-refractivity contribution is 6.04. The van der Waals surface area contributed by atoms with Gasteiger partial charge < -0.3 is 15.4 Å². The van der Waals surface area contributed by atoms with Gasteiger partial charge in [0.15, 0.2) is 6.61 Å². The number of nitrogens with one attached hydrogen (secondary N) is 2. The molecule has 7 nitrogen and oxygen atoms in total. The van der Waals surface area contributed by atoms with E-state index in [1.165, 1.54) is 0 Å². The predicted molar refractivity (Wildman–Crippen MR) is 128 cm³/mol. The van der Waals surface area contributed by atoms with Gasteiger partial charge in [0.25, 0.3) is 11.8 Å². The number of benzene rings is 3. The molecule has 172 valence electrons. The number of carbonyl (C=O) groups is 3. The van der Waals surface area contributed by atoms with E-state index >= 15 is 0 Å². The predicted octanol–water partition coefficient (Wildman–Crippen LogP) is 3.91. The molecule has 7 heteroatoms. The van der Waals surface area contributed by atoms with Crippen LogP contribution in [0.3, 0.4) is 0 Å². The zero-order valence-corrected chi connectivity index (χ0v) is 18.8. The third-order valence-corrected chi connectivity index (χ3v) is 5.08. The van der Waals surface area contributed by atoms with Gasteiger partial charge in [-0.05, 0) is 48.7 Å². The highest BCUT2D eigenvalue weighted by Crippen LogP contribution is 2.15. The summed E-state index contributed by atoms with van der Waals surface area (Å²) in [6, 6.07) is 23.4. The molecule has 0 fully saturated rings. The minimum absolute atomic E-state index is 0.108. The molecule has 0 atom stereocenters. The van der Waals surface area contributed by atoms with E-state index < -0.39 is 18.5 Å². The largest absolute Gasteiger partial charge is 0.456 e. The number of aryl methyl sites for hydroxylation is 2. The highest BCUT2D eigenvalue weighted by atomic mass is 16.5. The summed E-state index contributed by atoms with van der Waals surface area (Å²) < 4.78 is 5.05. The van der Waals surface area contributed by atoms with Gasteiger partial charge in [-0.15, -0.1) is 0 Å². The van der Waals surface area contributed by atoms with Crippen molar-refractivity contribution in [2.75, 3.05) is 11.9 Å². The summed E-state index contributed by atoms with van der Waals surface area (Å²) in [6.45, 7) is 1.90. The molecule has 34 heavy (non-hydrogen) atoms. The molecule has 0 aliphatic rings. The van der Waals surface area contributed by atoms with Crippen LogP contribution in [-0.2, 0) is 27.3 Å². The van der Waals surface area contributed by atoms with Crippen molar-refractivity contribution in [2.24, 2.45) is 0 Å². The first kappa shape index (κ1) is 24.2. The Bertz CT molecular complexity index is 1200. The average Bonchev–Trinajstić information content (AvgIpc) is 2.86. The van der Waals surface area contributed by atoms with Gasteiger partial charge in [0.2, 0.25) is 0 Å². The summed E-state index contributed by atoms with van der Waals surface area (Å²) in [4.78, 5) is 36.9. The Labute approximate surface area is 198 Å². The molecule has 0 saturated heterocycles. The Hall–Kier alpha value is -4.44. The number of esters is 1. The highest BCUT2D eigenvalue weighted by Gasteiger charge is 2.14. The third kappa shape index (κ3) is 7.31. The van der Waals surface area contributed by atoms with Crippen LogP contribution in [0.25, 0.3) is 0 Å². The van der Waals surface area contributed by atoms with E-state index in [4.69, 9.17) is 10.00 Å². The number of hydrogen-bond donors (Lipinski definition) is 2. The van der Waals surface area contributed by atoms with Gasteiger partial charge in [-0.1, -0.05) is 54.1 Å². The summed E-state index contributed by atoms with van der Waals surface area (Å²) in [5.74, 6) is -1.37. The first-order chi connectivity index (χ1) is 16.4. The molecule has 3 rings (SSSR count). The zero-order valence-electron chi connectivity index (χ0n) is 18.8. The van der Waals surface area contributed by atoms with Crippen LogP contribution in [0.4, 0.5) is 5.69 Å². The molecule has 0 aliphatic heterocycles. The summed E-state index contributed by atoms with van der Waals surface area (Å²) >= 11 is 0. The molecule has 0 radical (unpaired) electrons. The van der Waals surface area contributed by atoms with Crippen molar-refractivity contribution in [3.05, 3.63) is 101 Å². The van der Waals surface area contributed by atoms with E-state index in [1.54, 1.807) is 48.5 Å². The Morgan fingerprint density at radius 1 is 0.912 bits per heavy atom. The van der Waals surface area contributed by atoms with E-state index in [0.29, 0.717) is 29.8 Å². The minimum Gasteiger partial charge on any atom is -0.456 e. The lowest BCUT2D eigenvalue weighted by Gasteiger charge is -2.12. The molecule has 0 spiro atoms. The van der Waals surface area contributed by atoms with Crippen molar-refractivity contribution in [1.82, 2.24) is 5.32 Å². The van der Waals surface area contributed by atoms with Crippen LogP contribution in [0.1, 0.15) is 39.0 Å². The molecule has 0 unspecified atom stereocenters. The number of nitrogens with zero attached hydrogens (tertiary/aromatic N) is 1. The van der Waals surface area contributed by atoms with Crippen LogP contribution in [-0.4, -0.2) is 24.4 Å². The van der Waals surface area contributed by atoms with Crippen LogP contribution in [0.2, 0.25) is 0 Å². The second kappa shape index (κ2) is 12.0. The van der Waals surface area contributed by atoms with Crippen LogP contribution in [0.15, 0.2) is 72.8 Å². The summed E-state index contributed by atoms with van der Waals surface area (Å²) in [6.07, 6.45) is 0.549. The lowest BCUT2D eigenvalue weighted by atomic mass is 10.1.